The normalized spacial score (nSPS) is 38.5. The minimum absolute atomic E-state index is 0.153. The third-order valence-corrected chi connectivity index (χ3v) is 10.6. The Kier molecular flexibility index (Phi) is 6.89. The lowest BCUT2D eigenvalue weighted by molar-refractivity contribution is -0.119. The lowest BCUT2D eigenvalue weighted by Gasteiger charge is -2.59. The average molecular weight is 518 g/mol. The van der Waals surface area contributed by atoms with E-state index in [0.29, 0.717) is 43.1 Å². The summed E-state index contributed by atoms with van der Waals surface area (Å²) in [6.07, 6.45) is 5.77. The molecule has 3 saturated carbocycles. The maximum absolute atomic E-state index is 12.4. The Morgan fingerprint density at radius 3 is 2.42 bits per heavy atom. The predicted molar refractivity (Wildman–Crippen MR) is 154 cm³/mol. The van der Waals surface area contributed by atoms with Crippen molar-refractivity contribution in [3.05, 3.63) is 41.5 Å². The van der Waals surface area contributed by atoms with Crippen LogP contribution in [0.4, 0.5) is 5.69 Å². The molecule has 4 aliphatic carbocycles. The zero-order chi connectivity index (χ0) is 27.6. The summed E-state index contributed by atoms with van der Waals surface area (Å²) in [6, 6.07) is 9.46. The number of fused-ring (bicyclic) bond motifs is 5. The standard InChI is InChI=1S/C34H47NO3/c1-21(2)35(7)23-10-8-22(9-11-23)28-20-33(6)29(14-15-34(33,38)17-16-32(3,4)5)27-19-30(37)26-18-24(36)12-13-25(26)31(27)28/h8-11,18,21,25,27-31,37-38H,12-15,19-20H2,1-7H3/t25-,27-,28+,29-,30+,31+,33-,34+/m0/s1. The van der Waals surface area contributed by atoms with E-state index >= 15 is 0 Å². The van der Waals surface area contributed by atoms with E-state index in [1.807, 2.05) is 0 Å². The fourth-order valence-corrected chi connectivity index (χ4v) is 8.41. The predicted octanol–water partition coefficient (Wildman–Crippen LogP) is 6.12. The van der Waals surface area contributed by atoms with Crippen molar-refractivity contribution in [1.82, 2.24) is 0 Å². The van der Waals surface area contributed by atoms with Crippen molar-refractivity contribution in [1.29, 1.82) is 0 Å². The number of hydrogen-bond donors (Lipinski definition) is 2. The van der Waals surface area contributed by atoms with Crippen LogP contribution in [0.5, 0.6) is 0 Å². The molecular formula is C34H47NO3. The minimum atomic E-state index is -1.03. The van der Waals surface area contributed by atoms with Crippen molar-refractivity contribution in [2.75, 3.05) is 11.9 Å². The first-order valence-corrected chi connectivity index (χ1v) is 14.8. The highest BCUT2D eigenvalue weighted by Crippen LogP contribution is 2.68. The van der Waals surface area contributed by atoms with Crippen LogP contribution in [0.15, 0.2) is 35.9 Å². The van der Waals surface area contributed by atoms with Gasteiger partial charge in [-0.1, -0.05) is 30.9 Å². The molecule has 8 atom stereocenters. The molecule has 4 heteroatoms. The van der Waals surface area contributed by atoms with Gasteiger partial charge in [-0.05, 0) is 126 Å². The molecule has 206 valence electrons. The number of aliphatic hydroxyl groups excluding tert-OH is 1. The number of aliphatic hydroxyl groups is 2. The van der Waals surface area contributed by atoms with E-state index < -0.39 is 11.7 Å². The van der Waals surface area contributed by atoms with Crippen LogP contribution < -0.4 is 4.90 Å². The molecule has 0 spiro atoms. The quantitative estimate of drug-likeness (QED) is 0.475. The van der Waals surface area contributed by atoms with Gasteiger partial charge in [0, 0.05) is 36.0 Å². The number of anilines is 1. The van der Waals surface area contributed by atoms with Crippen LogP contribution >= 0.6 is 0 Å². The van der Waals surface area contributed by atoms with Gasteiger partial charge in [-0.15, -0.1) is 0 Å². The maximum Gasteiger partial charge on any atom is 0.155 e. The van der Waals surface area contributed by atoms with Gasteiger partial charge in [0.2, 0.25) is 0 Å². The number of carbonyl (C=O) groups is 1. The number of benzene rings is 1. The summed E-state index contributed by atoms with van der Waals surface area (Å²) in [4.78, 5) is 14.6. The molecular weight excluding hydrogens is 470 g/mol. The highest BCUT2D eigenvalue weighted by Gasteiger charge is 2.65. The number of ketones is 1. The van der Waals surface area contributed by atoms with Gasteiger partial charge < -0.3 is 15.1 Å². The van der Waals surface area contributed by atoms with Crippen molar-refractivity contribution in [3.8, 4) is 11.8 Å². The Morgan fingerprint density at radius 1 is 1.11 bits per heavy atom. The third kappa shape index (κ3) is 4.54. The van der Waals surface area contributed by atoms with Crippen LogP contribution in [0.2, 0.25) is 0 Å². The largest absolute Gasteiger partial charge is 0.389 e. The van der Waals surface area contributed by atoms with Crippen LogP contribution in [0.1, 0.15) is 91.5 Å². The Labute approximate surface area is 229 Å². The molecule has 0 unspecified atom stereocenters. The highest BCUT2D eigenvalue weighted by atomic mass is 16.3. The SMILES string of the molecule is CC(C)N(C)c1ccc([C@H]2C[C@@]3(C)[C@@H](CC[C@@]3(O)C#CC(C)(C)C)[C@@H]3C[C@@H](O)C4=CC(=O)CC[C@@H]4[C@H]32)cc1. The average Bonchev–Trinajstić information content (AvgIpc) is 3.12. The van der Waals surface area contributed by atoms with E-state index in [-0.39, 0.29) is 28.4 Å². The van der Waals surface area contributed by atoms with Crippen molar-refractivity contribution in [2.24, 2.45) is 34.5 Å². The van der Waals surface area contributed by atoms with Crippen molar-refractivity contribution >= 4 is 11.5 Å². The molecule has 0 heterocycles. The van der Waals surface area contributed by atoms with E-state index in [4.69, 9.17) is 0 Å². The van der Waals surface area contributed by atoms with Gasteiger partial charge in [-0.2, -0.15) is 0 Å². The highest BCUT2D eigenvalue weighted by molar-refractivity contribution is 5.91. The molecule has 0 aliphatic heterocycles. The second kappa shape index (κ2) is 9.53. The Bertz CT molecular complexity index is 1160. The molecule has 0 aromatic heterocycles. The third-order valence-electron chi connectivity index (χ3n) is 10.6. The molecule has 4 aliphatic rings. The molecule has 2 N–H and O–H groups in total. The monoisotopic (exact) mass is 517 g/mol. The molecule has 0 radical (unpaired) electrons. The van der Waals surface area contributed by atoms with Crippen molar-refractivity contribution in [3.63, 3.8) is 0 Å². The van der Waals surface area contributed by atoms with E-state index in [0.717, 1.165) is 24.8 Å². The number of carbonyl (C=O) groups excluding carboxylic acids is 1. The summed E-state index contributed by atoms with van der Waals surface area (Å²) < 4.78 is 0. The molecule has 1 aromatic carbocycles. The molecule has 0 saturated heterocycles. The van der Waals surface area contributed by atoms with E-state index in [9.17, 15) is 15.0 Å². The second-order valence-corrected chi connectivity index (χ2v) is 14.3. The summed E-state index contributed by atoms with van der Waals surface area (Å²) in [6.45, 7) is 13.0. The zero-order valence-corrected chi connectivity index (χ0v) is 24.4. The van der Waals surface area contributed by atoms with Gasteiger partial charge in [-0.3, -0.25) is 4.79 Å². The van der Waals surface area contributed by atoms with Crippen molar-refractivity contribution < 1.29 is 15.0 Å². The lowest BCUT2D eigenvalue weighted by Crippen LogP contribution is -2.56. The van der Waals surface area contributed by atoms with Crippen LogP contribution in [-0.2, 0) is 4.79 Å². The zero-order valence-electron chi connectivity index (χ0n) is 24.4. The van der Waals surface area contributed by atoms with Gasteiger partial charge in [0.15, 0.2) is 5.78 Å². The van der Waals surface area contributed by atoms with E-state index in [2.05, 4.69) is 89.6 Å². The Hall–Kier alpha value is -2.09. The summed E-state index contributed by atoms with van der Waals surface area (Å²) in [7, 11) is 2.13. The summed E-state index contributed by atoms with van der Waals surface area (Å²) in [5.74, 6) is 8.37. The lowest BCUT2D eigenvalue weighted by atomic mass is 9.46. The number of nitrogens with zero attached hydrogens (tertiary/aromatic N) is 1. The molecule has 3 fully saturated rings. The first kappa shape index (κ1) is 27.5. The molecule has 0 bridgehead atoms. The van der Waals surface area contributed by atoms with Crippen LogP contribution in [0.25, 0.3) is 0 Å². The smallest absolute Gasteiger partial charge is 0.155 e. The first-order valence-electron chi connectivity index (χ1n) is 14.8. The first-order chi connectivity index (χ1) is 17.7. The Balaban J connectivity index is 1.60. The number of rotatable bonds is 3. The molecule has 5 rings (SSSR count). The second-order valence-electron chi connectivity index (χ2n) is 14.3. The van der Waals surface area contributed by atoms with E-state index in [1.165, 1.54) is 11.3 Å². The van der Waals surface area contributed by atoms with Crippen LogP contribution in [0.3, 0.4) is 0 Å². The topological polar surface area (TPSA) is 60.8 Å². The summed E-state index contributed by atoms with van der Waals surface area (Å²) in [5, 5.41) is 23.5. The molecule has 1 aromatic rings. The van der Waals surface area contributed by atoms with Gasteiger partial charge in [0.1, 0.15) is 5.60 Å². The fourth-order valence-electron chi connectivity index (χ4n) is 8.41. The van der Waals surface area contributed by atoms with Gasteiger partial charge in [-0.25, -0.2) is 0 Å². The molecule has 0 amide bonds. The summed E-state index contributed by atoms with van der Waals surface area (Å²) in [5.41, 5.74) is 1.93. The molecule has 38 heavy (non-hydrogen) atoms. The van der Waals surface area contributed by atoms with E-state index in [1.54, 1.807) is 6.08 Å². The van der Waals surface area contributed by atoms with Gasteiger partial charge in [0.25, 0.3) is 0 Å². The van der Waals surface area contributed by atoms with Gasteiger partial charge in [0.05, 0.1) is 6.10 Å². The Morgan fingerprint density at radius 2 is 1.79 bits per heavy atom. The maximum atomic E-state index is 12.4. The number of hydrogen-bond acceptors (Lipinski definition) is 4. The summed E-state index contributed by atoms with van der Waals surface area (Å²) >= 11 is 0. The fraction of sp³-hybridized carbons (Fsp3) is 0.676. The van der Waals surface area contributed by atoms with Crippen molar-refractivity contribution in [2.45, 2.75) is 104 Å². The van der Waals surface area contributed by atoms with Gasteiger partial charge >= 0.3 is 0 Å². The van der Waals surface area contributed by atoms with Crippen LogP contribution in [0, 0.1) is 46.3 Å². The molecule has 4 nitrogen and oxygen atoms in total. The minimum Gasteiger partial charge on any atom is -0.389 e. The van der Waals surface area contributed by atoms with Crippen LogP contribution in [-0.4, -0.2) is 40.8 Å².